The molecule has 0 bridgehead atoms. The Morgan fingerprint density at radius 1 is 1.63 bits per heavy atom. The molecule has 5 heteroatoms. The van der Waals surface area contributed by atoms with Gasteiger partial charge in [-0.2, -0.15) is 0 Å². The van der Waals surface area contributed by atoms with Crippen molar-refractivity contribution in [3.05, 3.63) is 11.9 Å². The molecular formula is C14H25N3O2. The SMILES string of the molecule is COCC(C)Nc1nc(C)cn1CC1(C)CCCO1. The summed E-state index contributed by atoms with van der Waals surface area (Å²) in [5, 5.41) is 3.39. The van der Waals surface area contributed by atoms with Crippen LogP contribution in [0.4, 0.5) is 5.95 Å². The lowest BCUT2D eigenvalue weighted by Gasteiger charge is -2.25. The fourth-order valence-electron chi connectivity index (χ4n) is 2.62. The molecular weight excluding hydrogens is 242 g/mol. The summed E-state index contributed by atoms with van der Waals surface area (Å²) < 4.78 is 13.2. The lowest BCUT2D eigenvalue weighted by Crippen LogP contribution is -2.31. The average Bonchev–Trinajstić information content (AvgIpc) is 2.87. The maximum Gasteiger partial charge on any atom is 0.203 e. The Bertz CT molecular complexity index is 411. The van der Waals surface area contributed by atoms with E-state index in [2.05, 4.69) is 34.9 Å². The van der Waals surface area contributed by atoms with Gasteiger partial charge in [-0.25, -0.2) is 4.98 Å². The average molecular weight is 267 g/mol. The zero-order valence-electron chi connectivity index (χ0n) is 12.4. The van der Waals surface area contributed by atoms with Crippen LogP contribution >= 0.6 is 0 Å². The monoisotopic (exact) mass is 267 g/mol. The number of ether oxygens (including phenoxy) is 2. The van der Waals surface area contributed by atoms with E-state index < -0.39 is 0 Å². The van der Waals surface area contributed by atoms with Gasteiger partial charge in [-0.1, -0.05) is 0 Å². The van der Waals surface area contributed by atoms with Gasteiger partial charge >= 0.3 is 0 Å². The normalized spacial score (nSPS) is 24.6. The topological polar surface area (TPSA) is 48.3 Å². The fourth-order valence-corrected chi connectivity index (χ4v) is 2.62. The number of rotatable bonds is 6. The number of aryl methyl sites for hydroxylation is 1. The van der Waals surface area contributed by atoms with Crippen LogP contribution in [0.5, 0.6) is 0 Å². The zero-order chi connectivity index (χ0) is 13.9. The second-order valence-corrected chi connectivity index (χ2v) is 5.74. The van der Waals surface area contributed by atoms with Gasteiger partial charge < -0.3 is 19.4 Å². The smallest absolute Gasteiger partial charge is 0.203 e. The Balaban J connectivity index is 2.07. The molecule has 0 aliphatic carbocycles. The van der Waals surface area contributed by atoms with E-state index >= 15 is 0 Å². The van der Waals surface area contributed by atoms with Crippen LogP contribution in [0, 0.1) is 6.92 Å². The summed E-state index contributed by atoms with van der Waals surface area (Å²) in [4.78, 5) is 4.55. The Hall–Kier alpha value is -1.07. The standard InChI is InChI=1S/C14H25N3O2/c1-11-8-17(10-14(3)6-5-7-19-14)13(15-11)16-12(2)9-18-4/h8,12H,5-7,9-10H2,1-4H3,(H,15,16). The number of nitrogens with zero attached hydrogens (tertiary/aromatic N) is 2. The predicted octanol–water partition coefficient (Wildman–Crippen LogP) is 2.21. The number of hydrogen-bond acceptors (Lipinski definition) is 4. The van der Waals surface area contributed by atoms with Crippen LogP contribution in [0.2, 0.25) is 0 Å². The van der Waals surface area contributed by atoms with Crippen molar-refractivity contribution >= 4 is 5.95 Å². The van der Waals surface area contributed by atoms with E-state index in [1.165, 1.54) is 0 Å². The van der Waals surface area contributed by atoms with Crippen molar-refractivity contribution in [3.8, 4) is 0 Å². The van der Waals surface area contributed by atoms with Gasteiger partial charge in [0.25, 0.3) is 0 Å². The van der Waals surface area contributed by atoms with Crippen molar-refractivity contribution in [1.29, 1.82) is 0 Å². The maximum atomic E-state index is 5.86. The third kappa shape index (κ3) is 3.70. The minimum Gasteiger partial charge on any atom is -0.383 e. The number of nitrogens with one attached hydrogen (secondary N) is 1. The minimum absolute atomic E-state index is 0.0614. The Morgan fingerprint density at radius 3 is 3.05 bits per heavy atom. The molecule has 19 heavy (non-hydrogen) atoms. The molecule has 2 atom stereocenters. The molecule has 2 rings (SSSR count). The van der Waals surface area contributed by atoms with Gasteiger partial charge in [0.15, 0.2) is 0 Å². The molecule has 0 saturated carbocycles. The van der Waals surface area contributed by atoms with Crippen molar-refractivity contribution in [1.82, 2.24) is 9.55 Å². The van der Waals surface area contributed by atoms with Gasteiger partial charge in [-0.15, -0.1) is 0 Å². The highest BCUT2D eigenvalue weighted by molar-refractivity contribution is 5.30. The first-order valence-electron chi connectivity index (χ1n) is 6.96. The molecule has 0 spiro atoms. The summed E-state index contributed by atoms with van der Waals surface area (Å²) >= 11 is 0. The zero-order valence-corrected chi connectivity index (χ0v) is 12.4. The molecule has 2 unspecified atom stereocenters. The summed E-state index contributed by atoms with van der Waals surface area (Å²) in [5.74, 6) is 0.902. The van der Waals surface area contributed by atoms with Crippen LogP contribution in [0.25, 0.3) is 0 Å². The van der Waals surface area contributed by atoms with Crippen LogP contribution in [0.15, 0.2) is 6.20 Å². The third-order valence-electron chi connectivity index (χ3n) is 3.49. The van der Waals surface area contributed by atoms with Gasteiger partial charge in [-0.05, 0) is 33.6 Å². The van der Waals surface area contributed by atoms with Gasteiger partial charge in [-0.3, -0.25) is 0 Å². The molecule has 1 N–H and O–H groups in total. The first kappa shape index (κ1) is 14.3. The van der Waals surface area contributed by atoms with Crippen LogP contribution in [-0.4, -0.2) is 41.5 Å². The molecule has 108 valence electrons. The quantitative estimate of drug-likeness (QED) is 0.858. The minimum atomic E-state index is -0.0614. The molecule has 2 heterocycles. The molecule has 1 fully saturated rings. The predicted molar refractivity (Wildman–Crippen MR) is 75.5 cm³/mol. The Kier molecular flexibility index (Phi) is 4.47. The van der Waals surface area contributed by atoms with Crippen LogP contribution in [0.3, 0.4) is 0 Å². The Labute approximate surface area is 115 Å². The molecule has 1 aromatic heterocycles. The van der Waals surface area contributed by atoms with Crippen LogP contribution in [-0.2, 0) is 16.0 Å². The van der Waals surface area contributed by atoms with E-state index in [9.17, 15) is 0 Å². The van der Waals surface area contributed by atoms with Crippen LogP contribution in [0.1, 0.15) is 32.4 Å². The molecule has 1 aliphatic rings. The number of imidazole rings is 1. The lowest BCUT2D eigenvalue weighted by atomic mass is 10.0. The second-order valence-electron chi connectivity index (χ2n) is 5.74. The highest BCUT2D eigenvalue weighted by atomic mass is 16.5. The first-order valence-corrected chi connectivity index (χ1v) is 6.96. The van der Waals surface area contributed by atoms with Crippen molar-refractivity contribution in [2.75, 3.05) is 25.6 Å². The van der Waals surface area contributed by atoms with Crippen molar-refractivity contribution < 1.29 is 9.47 Å². The molecule has 0 aromatic carbocycles. The van der Waals surface area contributed by atoms with E-state index in [4.69, 9.17) is 9.47 Å². The first-order chi connectivity index (χ1) is 9.02. The maximum absolute atomic E-state index is 5.86. The molecule has 5 nitrogen and oxygen atoms in total. The van der Waals surface area contributed by atoms with Crippen molar-refractivity contribution in [3.63, 3.8) is 0 Å². The largest absolute Gasteiger partial charge is 0.383 e. The molecule has 0 amide bonds. The number of aromatic nitrogens is 2. The number of anilines is 1. The van der Waals surface area contributed by atoms with Gasteiger partial charge in [0.1, 0.15) is 0 Å². The van der Waals surface area contributed by atoms with Gasteiger partial charge in [0, 0.05) is 26.0 Å². The summed E-state index contributed by atoms with van der Waals surface area (Å²) in [5.41, 5.74) is 0.961. The summed E-state index contributed by atoms with van der Waals surface area (Å²) in [7, 11) is 1.71. The number of hydrogen-bond donors (Lipinski definition) is 1. The Morgan fingerprint density at radius 2 is 2.42 bits per heavy atom. The van der Waals surface area contributed by atoms with Crippen molar-refractivity contribution in [2.45, 2.75) is 51.8 Å². The fraction of sp³-hybridized carbons (Fsp3) is 0.786. The van der Waals surface area contributed by atoms with E-state index in [0.717, 1.165) is 37.6 Å². The molecule has 1 saturated heterocycles. The molecule has 1 aromatic rings. The summed E-state index contributed by atoms with van der Waals surface area (Å²) in [6, 6.07) is 0.239. The van der Waals surface area contributed by atoms with Crippen LogP contribution < -0.4 is 5.32 Å². The van der Waals surface area contributed by atoms with E-state index in [0.29, 0.717) is 6.61 Å². The summed E-state index contributed by atoms with van der Waals surface area (Å²) in [6.07, 6.45) is 4.33. The van der Waals surface area contributed by atoms with Gasteiger partial charge in [0.05, 0.1) is 24.4 Å². The van der Waals surface area contributed by atoms with E-state index in [1.54, 1.807) is 7.11 Å². The van der Waals surface area contributed by atoms with Crippen molar-refractivity contribution in [2.24, 2.45) is 0 Å². The lowest BCUT2D eigenvalue weighted by molar-refractivity contribution is 0.00659. The molecule has 0 radical (unpaired) electrons. The third-order valence-corrected chi connectivity index (χ3v) is 3.49. The van der Waals surface area contributed by atoms with E-state index in [-0.39, 0.29) is 11.6 Å². The highest BCUT2D eigenvalue weighted by Gasteiger charge is 2.31. The summed E-state index contributed by atoms with van der Waals surface area (Å²) in [6.45, 7) is 8.66. The number of methoxy groups -OCH3 is 1. The molecule has 1 aliphatic heterocycles. The highest BCUT2D eigenvalue weighted by Crippen LogP contribution is 2.28. The second kappa shape index (κ2) is 5.92. The van der Waals surface area contributed by atoms with Gasteiger partial charge in [0.2, 0.25) is 5.95 Å². The van der Waals surface area contributed by atoms with E-state index in [1.807, 2.05) is 6.92 Å².